The lowest BCUT2D eigenvalue weighted by molar-refractivity contribution is 0.0274. The molecule has 0 aromatic heterocycles. The highest BCUT2D eigenvalue weighted by molar-refractivity contribution is 8.14. The predicted molar refractivity (Wildman–Crippen MR) is 126 cm³/mol. The molecule has 0 spiro atoms. The van der Waals surface area contributed by atoms with E-state index < -0.39 is 14.0 Å². The van der Waals surface area contributed by atoms with Gasteiger partial charge in [-0.1, -0.05) is 45.3 Å². The fourth-order valence-electron chi connectivity index (χ4n) is 2.98. The number of ether oxygens (including phenoxy) is 1. The lowest BCUT2D eigenvalue weighted by Crippen LogP contribution is -2.61. The maximum Gasteiger partial charge on any atom is 0.195 e. The van der Waals surface area contributed by atoms with Gasteiger partial charge in [-0.15, -0.1) is 0 Å². The van der Waals surface area contributed by atoms with Crippen LogP contribution in [0.1, 0.15) is 53.9 Å². The molecule has 0 saturated carbocycles. The fraction of sp³-hybridized carbons (Fsp3) is 0.900. The van der Waals surface area contributed by atoms with Crippen molar-refractivity contribution >= 4 is 30.3 Å². The number of amidine groups is 1. The van der Waals surface area contributed by atoms with Gasteiger partial charge < -0.3 is 19.8 Å². The van der Waals surface area contributed by atoms with E-state index in [1.54, 1.807) is 0 Å². The summed E-state index contributed by atoms with van der Waals surface area (Å²) in [5, 5.41) is 6.88. The summed E-state index contributed by atoms with van der Waals surface area (Å²) in [6, 6.07) is 0. The Hall–Kier alpha value is -0.253. The monoisotopic (exact) mass is 430 g/mol. The number of nitrogens with two attached hydrogens (primary N) is 1. The first-order valence-corrected chi connectivity index (χ1v) is 15.0. The van der Waals surface area contributed by atoms with Crippen LogP contribution < -0.4 is 16.4 Å². The molecule has 1 fully saturated rings. The van der Waals surface area contributed by atoms with Gasteiger partial charge in [0.25, 0.3) is 0 Å². The van der Waals surface area contributed by atoms with Gasteiger partial charge in [0.2, 0.25) is 0 Å². The van der Waals surface area contributed by atoms with Crippen molar-refractivity contribution in [2.24, 2.45) is 16.0 Å². The third-order valence-corrected chi connectivity index (χ3v) is 11.9. The molecule has 6 nitrogen and oxygen atoms in total. The van der Waals surface area contributed by atoms with Crippen LogP contribution in [0.3, 0.4) is 0 Å². The van der Waals surface area contributed by atoms with Crippen molar-refractivity contribution in [2.75, 3.05) is 25.4 Å². The molecule has 0 aliphatic carbocycles. The van der Waals surface area contributed by atoms with E-state index in [1.165, 1.54) is 0 Å². The normalized spacial score (nSPS) is 25.8. The quantitative estimate of drug-likeness (QED) is 0.297. The minimum Gasteiger partial charge on any atom is -0.393 e. The third kappa shape index (κ3) is 6.64. The first-order valence-electron chi connectivity index (χ1n) is 10.6. The highest BCUT2D eigenvalue weighted by Crippen LogP contribution is 2.40. The maximum atomic E-state index is 6.90. The smallest absolute Gasteiger partial charge is 0.195 e. The summed E-state index contributed by atoms with van der Waals surface area (Å²) in [6.45, 7) is 18.4. The minimum atomic E-state index is -2.03. The summed E-state index contributed by atoms with van der Waals surface area (Å²) in [6.07, 6.45) is 3.10. The second kappa shape index (κ2) is 9.70. The Morgan fingerprint density at radius 1 is 1.39 bits per heavy atom. The number of nitrogens with zero attached hydrogens (tertiary/aromatic N) is 1. The number of rotatable bonds is 9. The zero-order valence-corrected chi connectivity index (χ0v) is 20.7. The fourth-order valence-corrected chi connectivity index (χ4v) is 5.86. The largest absolute Gasteiger partial charge is 0.393 e. The Bertz CT molecular complexity index is 583. The molecule has 1 saturated heterocycles. The van der Waals surface area contributed by atoms with Gasteiger partial charge in [-0.3, -0.25) is 5.73 Å². The summed E-state index contributed by atoms with van der Waals surface area (Å²) in [4.78, 5) is 0. The molecule has 2 rings (SSSR count). The molecular formula is C20H42N4O2SSi. The van der Waals surface area contributed by atoms with Crippen LogP contribution in [0.2, 0.25) is 18.1 Å². The number of hydrogen-bond acceptors (Lipinski definition) is 6. The van der Waals surface area contributed by atoms with Crippen molar-refractivity contribution in [1.29, 1.82) is 0 Å². The van der Waals surface area contributed by atoms with E-state index in [2.05, 4.69) is 63.8 Å². The van der Waals surface area contributed by atoms with Crippen molar-refractivity contribution in [3.63, 3.8) is 0 Å². The molecule has 2 aliphatic heterocycles. The van der Waals surface area contributed by atoms with Crippen molar-refractivity contribution in [2.45, 2.75) is 83.8 Å². The van der Waals surface area contributed by atoms with E-state index in [0.29, 0.717) is 12.0 Å². The zero-order valence-electron chi connectivity index (χ0n) is 18.9. The lowest BCUT2D eigenvalue weighted by Gasteiger charge is -2.44. The Kier molecular flexibility index (Phi) is 8.32. The number of morpholine rings is 1. The Morgan fingerprint density at radius 2 is 2.11 bits per heavy atom. The zero-order chi connectivity index (χ0) is 21.0. The van der Waals surface area contributed by atoms with Gasteiger partial charge in [0.1, 0.15) is 0 Å². The maximum absolute atomic E-state index is 6.90. The molecule has 3 unspecified atom stereocenters. The summed E-state index contributed by atoms with van der Waals surface area (Å²) in [5.41, 5.74) is 8.16. The lowest BCUT2D eigenvalue weighted by atomic mass is 10.0. The van der Waals surface area contributed by atoms with Crippen LogP contribution in [0.4, 0.5) is 0 Å². The van der Waals surface area contributed by atoms with Gasteiger partial charge in [-0.05, 0) is 43.3 Å². The van der Waals surface area contributed by atoms with E-state index in [-0.39, 0.29) is 15.7 Å². The standard InChI is InChI=1S/C20H42N4O2SSi/c1-16(2)8-10-20(21,26-28(6,7)19(3,4)5)18-23-15-27(24-18)13-9-17-14-22-11-12-25-17/h15-17,22H,8-14,21H2,1-7H3,(H,23,24). The van der Waals surface area contributed by atoms with Gasteiger partial charge >= 0.3 is 0 Å². The van der Waals surface area contributed by atoms with Gasteiger partial charge in [0.15, 0.2) is 19.9 Å². The van der Waals surface area contributed by atoms with Crippen LogP contribution in [0, 0.1) is 5.92 Å². The molecule has 4 N–H and O–H groups in total. The molecule has 8 heteroatoms. The highest BCUT2D eigenvalue weighted by atomic mass is 32.2. The average Bonchev–Trinajstić information content (AvgIpc) is 3.08. The van der Waals surface area contributed by atoms with Crippen molar-refractivity contribution in [1.82, 2.24) is 10.6 Å². The molecule has 0 radical (unpaired) electrons. The molecule has 2 heterocycles. The molecule has 0 amide bonds. The van der Waals surface area contributed by atoms with Crippen molar-refractivity contribution in [3.8, 4) is 0 Å². The molecule has 2 aliphatic rings. The van der Waals surface area contributed by atoms with Crippen LogP contribution in [-0.2, 0) is 9.16 Å². The second-order valence-electron chi connectivity index (χ2n) is 9.98. The molecule has 0 bridgehead atoms. The average molecular weight is 431 g/mol. The van der Waals surface area contributed by atoms with Crippen LogP contribution in [-0.4, -0.2) is 56.9 Å². The van der Waals surface area contributed by atoms with Crippen molar-refractivity contribution in [3.05, 3.63) is 0 Å². The van der Waals surface area contributed by atoms with Gasteiger partial charge in [-0.2, -0.15) is 0 Å². The SMILES string of the molecule is CC(C)CCC(N)(O[Si](C)(C)C(C)(C)C)C1=NS(CCC2CNCCO2)=CN1. The van der Waals surface area contributed by atoms with Gasteiger partial charge in [0, 0.05) is 24.3 Å². The van der Waals surface area contributed by atoms with Crippen molar-refractivity contribution < 1.29 is 9.16 Å². The Labute approximate surface area is 175 Å². The minimum absolute atomic E-state index is 0.103. The molecule has 164 valence electrons. The van der Waals surface area contributed by atoms with E-state index >= 15 is 0 Å². The molecular weight excluding hydrogens is 388 g/mol. The highest BCUT2D eigenvalue weighted by Gasteiger charge is 2.46. The number of hydrogen-bond donors (Lipinski definition) is 3. The second-order valence-corrected chi connectivity index (χ2v) is 16.3. The van der Waals surface area contributed by atoms with Crippen LogP contribution >= 0.6 is 10.7 Å². The Morgan fingerprint density at radius 3 is 2.68 bits per heavy atom. The van der Waals surface area contributed by atoms with E-state index in [4.69, 9.17) is 19.3 Å². The predicted octanol–water partition coefficient (Wildman–Crippen LogP) is 3.42. The van der Waals surface area contributed by atoms with Crippen LogP contribution in [0.5, 0.6) is 0 Å². The topological polar surface area (TPSA) is 80.9 Å². The van der Waals surface area contributed by atoms with E-state index in [9.17, 15) is 0 Å². The summed E-state index contributed by atoms with van der Waals surface area (Å²) < 4.78 is 17.5. The summed E-state index contributed by atoms with van der Waals surface area (Å²) >= 11 is 0. The number of nitrogens with one attached hydrogen (secondary N) is 2. The van der Waals surface area contributed by atoms with Crippen LogP contribution in [0.15, 0.2) is 4.40 Å². The molecule has 0 aromatic rings. The van der Waals surface area contributed by atoms with Crippen LogP contribution in [0.25, 0.3) is 0 Å². The molecule has 28 heavy (non-hydrogen) atoms. The first kappa shape index (κ1) is 24.0. The van der Waals surface area contributed by atoms with E-state index in [0.717, 1.165) is 50.5 Å². The molecule has 3 atom stereocenters. The molecule has 0 aromatic carbocycles. The summed E-state index contributed by atoms with van der Waals surface area (Å²) in [5.74, 6) is 2.37. The third-order valence-electron chi connectivity index (χ3n) is 5.93. The van der Waals surface area contributed by atoms with Gasteiger partial charge in [-0.25, -0.2) is 4.40 Å². The first-order chi connectivity index (χ1) is 12.9. The van der Waals surface area contributed by atoms with Gasteiger partial charge in [0.05, 0.1) is 12.7 Å². The Balaban J connectivity index is 2.08. The summed E-state index contributed by atoms with van der Waals surface area (Å²) in [7, 11) is -2.20. The van der Waals surface area contributed by atoms with E-state index in [1.807, 2.05) is 0 Å².